The van der Waals surface area contributed by atoms with Crippen molar-refractivity contribution in [2.75, 3.05) is 6.54 Å². The van der Waals surface area contributed by atoms with Crippen LogP contribution in [0.5, 0.6) is 0 Å². The first-order chi connectivity index (χ1) is 9.74. The van der Waals surface area contributed by atoms with Crippen molar-refractivity contribution >= 4 is 27.5 Å². The van der Waals surface area contributed by atoms with Crippen LogP contribution in [0, 0.1) is 11.8 Å². The van der Waals surface area contributed by atoms with Gasteiger partial charge in [-0.1, -0.05) is 19.1 Å². The molecule has 2 aromatic rings. The van der Waals surface area contributed by atoms with Crippen LogP contribution in [0.25, 0.3) is 10.2 Å². The highest BCUT2D eigenvalue weighted by molar-refractivity contribution is 7.18. The van der Waals surface area contributed by atoms with Crippen molar-refractivity contribution in [3.05, 3.63) is 29.3 Å². The minimum Gasteiger partial charge on any atom is -0.333 e. The topological polar surface area (TPSA) is 33.2 Å². The zero-order valence-electron chi connectivity index (χ0n) is 11.6. The first kappa shape index (κ1) is 12.3. The van der Waals surface area contributed by atoms with Crippen LogP contribution < -0.4 is 0 Å². The summed E-state index contributed by atoms with van der Waals surface area (Å²) in [6.45, 7) is 3.08. The molecule has 1 aliphatic heterocycles. The SMILES string of the molecule is C[C@@H]1C[C@@H]1C(=O)N1CCC[C@@H]1c1nc2ccccc2s1. The molecule has 4 rings (SSSR count). The normalized spacial score (nSPS) is 29.1. The lowest BCUT2D eigenvalue weighted by molar-refractivity contribution is -0.133. The lowest BCUT2D eigenvalue weighted by atomic mass is 10.2. The van der Waals surface area contributed by atoms with Crippen LogP contribution in [0.15, 0.2) is 24.3 Å². The van der Waals surface area contributed by atoms with Crippen LogP contribution >= 0.6 is 11.3 Å². The molecule has 3 nitrogen and oxygen atoms in total. The van der Waals surface area contributed by atoms with Gasteiger partial charge in [-0.3, -0.25) is 4.79 Å². The van der Waals surface area contributed by atoms with Gasteiger partial charge in [0.15, 0.2) is 0 Å². The molecular weight excluding hydrogens is 268 g/mol. The van der Waals surface area contributed by atoms with E-state index in [1.54, 1.807) is 11.3 Å². The van der Waals surface area contributed by atoms with Crippen LogP contribution in [0.4, 0.5) is 0 Å². The van der Waals surface area contributed by atoms with Crippen LogP contribution in [-0.4, -0.2) is 22.3 Å². The van der Waals surface area contributed by atoms with Gasteiger partial charge >= 0.3 is 0 Å². The summed E-state index contributed by atoms with van der Waals surface area (Å²) in [6, 6.07) is 8.45. The van der Waals surface area contributed by atoms with Gasteiger partial charge in [0.1, 0.15) is 5.01 Å². The predicted octanol–water partition coefficient (Wildman–Crippen LogP) is 3.62. The van der Waals surface area contributed by atoms with Gasteiger partial charge in [-0.2, -0.15) is 0 Å². The summed E-state index contributed by atoms with van der Waals surface area (Å²) >= 11 is 1.74. The molecule has 0 N–H and O–H groups in total. The molecule has 1 aliphatic carbocycles. The lowest BCUT2D eigenvalue weighted by Gasteiger charge is -2.23. The van der Waals surface area contributed by atoms with Crippen molar-refractivity contribution in [2.24, 2.45) is 11.8 Å². The van der Waals surface area contributed by atoms with Gasteiger partial charge in [0.05, 0.1) is 16.3 Å². The highest BCUT2D eigenvalue weighted by Crippen LogP contribution is 2.44. The Hall–Kier alpha value is -1.42. The molecule has 1 saturated heterocycles. The fraction of sp³-hybridized carbons (Fsp3) is 0.500. The minimum absolute atomic E-state index is 0.215. The first-order valence-corrected chi connectivity index (χ1v) is 8.21. The van der Waals surface area contributed by atoms with E-state index in [-0.39, 0.29) is 12.0 Å². The molecule has 2 heterocycles. The van der Waals surface area contributed by atoms with Gasteiger partial charge in [0.25, 0.3) is 0 Å². The second-order valence-corrected chi connectivity index (χ2v) is 7.09. The zero-order valence-corrected chi connectivity index (χ0v) is 12.4. The number of nitrogens with zero attached hydrogens (tertiary/aromatic N) is 2. The number of likely N-dealkylation sites (tertiary alicyclic amines) is 1. The predicted molar refractivity (Wildman–Crippen MR) is 80.6 cm³/mol. The van der Waals surface area contributed by atoms with E-state index in [1.165, 1.54) is 4.70 Å². The maximum Gasteiger partial charge on any atom is 0.226 e. The van der Waals surface area contributed by atoms with E-state index < -0.39 is 0 Å². The van der Waals surface area contributed by atoms with Crippen molar-refractivity contribution in [1.29, 1.82) is 0 Å². The van der Waals surface area contributed by atoms with Crippen LogP contribution in [0.3, 0.4) is 0 Å². The van der Waals surface area contributed by atoms with E-state index in [4.69, 9.17) is 4.98 Å². The standard InChI is InChI=1S/C16H18N2OS/c1-10-9-11(10)16(19)18-8-4-6-13(18)15-17-12-5-2-3-7-14(12)20-15/h2-3,5,7,10-11,13H,4,6,8-9H2,1H3/t10-,11+,13-/m1/s1. The number of fused-ring (bicyclic) bond motifs is 1. The molecule has 104 valence electrons. The van der Waals surface area contributed by atoms with Crippen molar-refractivity contribution in [1.82, 2.24) is 9.88 Å². The fourth-order valence-electron chi connectivity index (χ4n) is 3.20. The van der Waals surface area contributed by atoms with E-state index in [0.29, 0.717) is 11.8 Å². The van der Waals surface area contributed by atoms with Crippen molar-refractivity contribution in [2.45, 2.75) is 32.2 Å². The van der Waals surface area contributed by atoms with Crippen LogP contribution in [0.1, 0.15) is 37.2 Å². The molecule has 2 aliphatic rings. The average molecular weight is 286 g/mol. The smallest absolute Gasteiger partial charge is 0.226 e. The second-order valence-electron chi connectivity index (χ2n) is 6.03. The number of carbonyl (C=O) groups excluding carboxylic acids is 1. The Labute approximate surface area is 122 Å². The first-order valence-electron chi connectivity index (χ1n) is 7.40. The highest BCUT2D eigenvalue weighted by Gasteiger charge is 2.44. The average Bonchev–Trinajstić information content (AvgIpc) is 2.92. The molecule has 2 fully saturated rings. The van der Waals surface area contributed by atoms with Crippen molar-refractivity contribution in [3.8, 4) is 0 Å². The summed E-state index contributed by atoms with van der Waals surface area (Å²) in [5.41, 5.74) is 1.06. The molecule has 3 atom stereocenters. The van der Waals surface area contributed by atoms with E-state index in [1.807, 2.05) is 12.1 Å². The molecule has 1 aromatic heterocycles. The van der Waals surface area contributed by atoms with E-state index in [9.17, 15) is 4.79 Å². The summed E-state index contributed by atoms with van der Waals surface area (Å²) in [5, 5.41) is 1.12. The number of amides is 1. The number of hydrogen-bond acceptors (Lipinski definition) is 3. The summed E-state index contributed by atoms with van der Waals surface area (Å²) in [7, 11) is 0. The van der Waals surface area contributed by atoms with Crippen LogP contribution in [0.2, 0.25) is 0 Å². The highest BCUT2D eigenvalue weighted by atomic mass is 32.1. The summed E-state index contributed by atoms with van der Waals surface area (Å²) in [4.78, 5) is 19.4. The maximum atomic E-state index is 12.5. The third-order valence-electron chi connectivity index (χ3n) is 4.56. The van der Waals surface area contributed by atoms with Gasteiger partial charge in [-0.15, -0.1) is 11.3 Å². The number of aromatic nitrogens is 1. The monoisotopic (exact) mass is 286 g/mol. The van der Waals surface area contributed by atoms with E-state index >= 15 is 0 Å². The molecule has 1 amide bonds. The molecule has 0 spiro atoms. The zero-order chi connectivity index (χ0) is 13.7. The molecule has 1 aromatic carbocycles. The number of para-hydroxylation sites is 1. The molecule has 0 bridgehead atoms. The number of hydrogen-bond donors (Lipinski definition) is 0. The number of thiazole rings is 1. The molecule has 4 heteroatoms. The third kappa shape index (κ3) is 1.94. The van der Waals surface area contributed by atoms with E-state index in [2.05, 4.69) is 24.0 Å². The third-order valence-corrected chi connectivity index (χ3v) is 5.70. The molecular formula is C16H18N2OS. The largest absolute Gasteiger partial charge is 0.333 e. The maximum absolute atomic E-state index is 12.5. The Bertz CT molecular complexity index is 632. The van der Waals surface area contributed by atoms with Crippen LogP contribution in [-0.2, 0) is 4.79 Å². The Morgan fingerprint density at radius 2 is 2.20 bits per heavy atom. The number of carbonyl (C=O) groups is 1. The van der Waals surface area contributed by atoms with Gasteiger partial charge < -0.3 is 4.90 Å². The summed E-state index contributed by atoms with van der Waals surface area (Å²) < 4.78 is 1.22. The molecule has 20 heavy (non-hydrogen) atoms. The Balaban J connectivity index is 1.64. The van der Waals surface area contributed by atoms with Gasteiger partial charge in [0, 0.05) is 12.5 Å². The number of rotatable bonds is 2. The molecule has 1 saturated carbocycles. The van der Waals surface area contributed by atoms with Gasteiger partial charge in [0.2, 0.25) is 5.91 Å². The molecule has 0 radical (unpaired) electrons. The van der Waals surface area contributed by atoms with Gasteiger partial charge in [-0.05, 0) is 37.3 Å². The Morgan fingerprint density at radius 3 is 2.95 bits per heavy atom. The Morgan fingerprint density at radius 1 is 1.40 bits per heavy atom. The van der Waals surface area contributed by atoms with Gasteiger partial charge in [-0.25, -0.2) is 4.98 Å². The Kier molecular flexibility index (Phi) is 2.81. The fourth-order valence-corrected chi connectivity index (χ4v) is 4.31. The summed E-state index contributed by atoms with van der Waals surface area (Å²) in [5.74, 6) is 1.23. The lowest BCUT2D eigenvalue weighted by Crippen LogP contribution is -2.32. The minimum atomic E-state index is 0.215. The van der Waals surface area contributed by atoms with Crippen molar-refractivity contribution in [3.63, 3.8) is 0 Å². The van der Waals surface area contributed by atoms with Crippen molar-refractivity contribution < 1.29 is 4.79 Å². The summed E-state index contributed by atoms with van der Waals surface area (Å²) in [6.07, 6.45) is 3.24. The number of benzene rings is 1. The second kappa shape index (κ2) is 4.55. The quantitative estimate of drug-likeness (QED) is 0.845. The molecule has 0 unspecified atom stereocenters. The van der Waals surface area contributed by atoms with E-state index in [0.717, 1.165) is 36.3 Å².